The first-order valence-electron chi connectivity index (χ1n) is 32.5. The van der Waals surface area contributed by atoms with Crippen molar-refractivity contribution in [1.82, 2.24) is 38.2 Å². The van der Waals surface area contributed by atoms with Gasteiger partial charge < -0.3 is 13.7 Å². The van der Waals surface area contributed by atoms with Crippen LogP contribution in [0.5, 0.6) is 0 Å². The van der Waals surface area contributed by atoms with Crippen LogP contribution in [-0.4, -0.2) is 38.2 Å². The summed E-state index contributed by atoms with van der Waals surface area (Å²) in [5, 5.41) is 14.7. The highest BCUT2D eigenvalue weighted by Gasteiger charge is 2.26. The van der Waals surface area contributed by atoms with E-state index in [9.17, 15) is 0 Å². The lowest BCUT2D eigenvalue weighted by Gasteiger charge is -2.14. The van der Waals surface area contributed by atoms with Gasteiger partial charge in [0.15, 0.2) is 11.6 Å². The third-order valence-electron chi connectivity index (χ3n) is 19.0. The molecule has 96 heavy (non-hydrogen) atoms. The van der Waals surface area contributed by atoms with Gasteiger partial charge in [-0.2, -0.15) is 9.97 Å². The number of fused-ring (bicyclic) bond motifs is 17. The van der Waals surface area contributed by atoms with Gasteiger partial charge in [0.05, 0.1) is 61.2 Å². The lowest BCUT2D eigenvalue weighted by Crippen LogP contribution is -2.07. The predicted octanol–water partition coefficient (Wildman–Crippen LogP) is 22.3. The molecule has 0 spiro atoms. The molecule has 0 N–H and O–H groups in total. The molecule has 448 valence electrons. The van der Waals surface area contributed by atoms with Crippen LogP contribution < -0.4 is 0 Å². The number of nitrogens with zero attached hydrogens (tertiary/aromatic N) is 8. The van der Waals surface area contributed by atoms with Crippen molar-refractivity contribution in [1.29, 1.82) is 0 Å². The van der Waals surface area contributed by atoms with Gasteiger partial charge in [-0.15, -0.1) is 0 Å². The molecule has 0 bridgehead atoms. The van der Waals surface area contributed by atoms with Crippen molar-refractivity contribution in [2.24, 2.45) is 0 Å². The van der Waals surface area contributed by atoms with Crippen LogP contribution in [0.3, 0.4) is 0 Å². The van der Waals surface area contributed by atoms with Crippen molar-refractivity contribution in [2.45, 2.75) is 0 Å². The van der Waals surface area contributed by atoms with Gasteiger partial charge in [0.2, 0.25) is 5.95 Å². The lowest BCUT2D eigenvalue weighted by molar-refractivity contribution is 0.953. The zero-order valence-corrected chi connectivity index (χ0v) is 51.9. The smallest absolute Gasteiger partial charge is 0.238 e. The highest BCUT2D eigenvalue weighted by Crippen LogP contribution is 2.46. The van der Waals surface area contributed by atoms with E-state index >= 15 is 0 Å². The molecule has 6 aromatic heterocycles. The van der Waals surface area contributed by atoms with Gasteiger partial charge in [-0.25, -0.2) is 9.97 Å². The molecule has 20 aromatic rings. The minimum atomic E-state index is 0.580. The summed E-state index contributed by atoms with van der Waals surface area (Å²) in [5.41, 5.74) is 18.4. The molecule has 0 unspecified atom stereocenters. The summed E-state index contributed by atoms with van der Waals surface area (Å²) in [6, 6.07) is 120. The van der Waals surface area contributed by atoms with Crippen molar-refractivity contribution in [2.75, 3.05) is 0 Å². The highest BCUT2D eigenvalue weighted by molar-refractivity contribution is 6.29. The van der Waals surface area contributed by atoms with Gasteiger partial charge in [0.25, 0.3) is 0 Å². The van der Waals surface area contributed by atoms with Crippen LogP contribution in [0, 0.1) is 0 Å². The minimum Gasteiger partial charge on any atom is -0.309 e. The van der Waals surface area contributed by atoms with E-state index in [0.717, 1.165) is 89.1 Å². The maximum Gasteiger partial charge on any atom is 0.238 e. The van der Waals surface area contributed by atoms with Gasteiger partial charge in [0.1, 0.15) is 0 Å². The number of aromatic nitrogens is 8. The van der Waals surface area contributed by atoms with E-state index in [4.69, 9.17) is 19.9 Å². The summed E-state index contributed by atoms with van der Waals surface area (Å²) in [4.78, 5) is 20.6. The van der Waals surface area contributed by atoms with Crippen LogP contribution in [0.15, 0.2) is 340 Å². The topological polar surface area (TPSA) is 71.3 Å². The van der Waals surface area contributed by atoms with Crippen LogP contribution in [0.1, 0.15) is 0 Å². The van der Waals surface area contributed by atoms with Gasteiger partial charge in [-0.1, -0.05) is 267 Å². The van der Waals surface area contributed by atoms with Gasteiger partial charge >= 0.3 is 0 Å². The molecule has 0 saturated heterocycles. The van der Waals surface area contributed by atoms with Gasteiger partial charge in [-0.3, -0.25) is 4.57 Å². The highest BCUT2D eigenvalue weighted by atomic mass is 15.2. The number of rotatable bonds is 8. The zero-order valence-electron chi connectivity index (χ0n) is 51.9. The van der Waals surface area contributed by atoms with Gasteiger partial charge in [0, 0.05) is 76.7 Å². The Morgan fingerprint density at radius 1 is 0.198 bits per heavy atom. The fraction of sp³-hybridized carbons (Fsp3) is 0. The molecule has 14 aromatic carbocycles. The Morgan fingerprint density at radius 3 is 1.15 bits per heavy atom. The molecule has 0 aliphatic rings. The second kappa shape index (κ2) is 22.4. The van der Waals surface area contributed by atoms with Gasteiger partial charge in [-0.05, 0) is 94.3 Å². The van der Waals surface area contributed by atoms with Crippen molar-refractivity contribution in [3.8, 4) is 68.3 Å². The van der Waals surface area contributed by atoms with E-state index < -0.39 is 0 Å². The number of hydrogen-bond donors (Lipinski definition) is 0. The summed E-state index contributed by atoms with van der Waals surface area (Å²) in [7, 11) is 0. The Labute approximate surface area is 551 Å². The van der Waals surface area contributed by atoms with Crippen molar-refractivity contribution in [3.05, 3.63) is 340 Å². The lowest BCUT2D eigenvalue weighted by atomic mass is 10.0. The molecule has 8 nitrogen and oxygen atoms in total. The first-order chi connectivity index (χ1) is 47.6. The second-order valence-corrected chi connectivity index (χ2v) is 24.5. The van der Waals surface area contributed by atoms with Crippen LogP contribution in [0.25, 0.3) is 177 Å². The molecule has 0 fully saturated rings. The molecule has 6 heterocycles. The summed E-state index contributed by atoms with van der Waals surface area (Å²) in [5.74, 6) is 1.84. The van der Waals surface area contributed by atoms with Crippen molar-refractivity contribution in [3.63, 3.8) is 0 Å². The fourth-order valence-corrected chi connectivity index (χ4v) is 14.8. The molecule has 0 atom stereocenters. The Bertz CT molecular complexity index is 6300. The molecule has 0 aliphatic heterocycles. The molecule has 0 radical (unpaired) electrons. The van der Waals surface area contributed by atoms with E-state index in [1.807, 2.05) is 36.4 Å². The predicted molar refractivity (Wildman–Crippen MR) is 398 cm³/mol. The van der Waals surface area contributed by atoms with E-state index in [2.05, 4.69) is 322 Å². The second-order valence-electron chi connectivity index (χ2n) is 24.5. The van der Waals surface area contributed by atoms with Crippen LogP contribution in [-0.2, 0) is 0 Å². The van der Waals surface area contributed by atoms with E-state index in [1.54, 1.807) is 0 Å². The Morgan fingerprint density at radius 2 is 0.594 bits per heavy atom. The van der Waals surface area contributed by atoms with E-state index in [-0.39, 0.29) is 0 Å². The summed E-state index contributed by atoms with van der Waals surface area (Å²) < 4.78 is 9.51. The molecule has 20 rings (SSSR count). The minimum absolute atomic E-state index is 0.580. The maximum absolute atomic E-state index is 5.22. The quantitative estimate of drug-likeness (QED) is 0.152. The Balaban J connectivity index is 0.000000135. The molecule has 0 saturated carbocycles. The average molecular weight is 1230 g/mol. The summed E-state index contributed by atoms with van der Waals surface area (Å²) >= 11 is 0. The number of pyridine rings is 1. The van der Waals surface area contributed by atoms with E-state index in [0.29, 0.717) is 17.6 Å². The molecule has 0 aliphatic carbocycles. The maximum atomic E-state index is 5.22. The normalized spacial score (nSPS) is 11.8. The first-order valence-corrected chi connectivity index (χ1v) is 32.5. The molecule has 8 heteroatoms. The average Bonchev–Trinajstić information content (AvgIpc) is 1.55. The monoisotopic (exact) mass is 1220 g/mol. The molecular formula is C88H56N8. The summed E-state index contributed by atoms with van der Waals surface area (Å²) in [6.07, 6.45) is 0. The SMILES string of the molecule is c1ccc(-c2cc(-n3c4cc5c(cc4c4c6ccccc6ccc43)c3ccccc3n5-c3ccccc3)cc(-c3ccccc3)n2)cc1.c1ccc(-c2nc(-c3ccccc3)nc(-n3c4ccccc4c4ccc5c6c7ccccc7ccc6n(-c6ccccc6)c5c43)n2)cc1. The first kappa shape index (κ1) is 54.7. The Kier molecular flexibility index (Phi) is 12.7. The van der Waals surface area contributed by atoms with Crippen LogP contribution in [0.4, 0.5) is 0 Å². The zero-order chi connectivity index (χ0) is 63.2. The number of benzene rings is 14. The molecular weight excluding hydrogens is 1170 g/mol. The largest absolute Gasteiger partial charge is 0.309 e. The van der Waals surface area contributed by atoms with E-state index in [1.165, 1.54) is 70.4 Å². The number of para-hydroxylation sites is 4. The third-order valence-corrected chi connectivity index (χ3v) is 19.0. The number of hydrogen-bond acceptors (Lipinski definition) is 4. The standard InChI is InChI=1S/C45H29N3.C43H27N5/c1-4-15-31(16-5-1)39-26-34(27-40(46-39)32-17-6-2-7-18-32)48-42-25-24-30-14-10-11-21-35(30)45(42)38-28-37-36-22-12-13-23-41(36)47(43(37)29-44(38)48)33-19-8-3-9-20-33;1-4-15-29(16-5-1)41-44-42(30-17-6-2-7-18-30)46-43(45-41)48-36-23-13-12-22-33(36)34-25-26-35-38-32-21-11-10-14-28(32)24-27-37(38)47(40(35)39(34)48)31-19-8-3-9-20-31/h1-29H;1-27H. The third kappa shape index (κ3) is 8.84. The van der Waals surface area contributed by atoms with Crippen molar-refractivity contribution >= 4 is 109 Å². The summed E-state index contributed by atoms with van der Waals surface area (Å²) in [6.45, 7) is 0. The van der Waals surface area contributed by atoms with Crippen molar-refractivity contribution < 1.29 is 0 Å². The fourth-order valence-electron chi connectivity index (χ4n) is 14.8. The molecule has 0 amide bonds. The van der Waals surface area contributed by atoms with Crippen LogP contribution in [0.2, 0.25) is 0 Å². The Hall–Kier alpha value is -13.0. The van der Waals surface area contributed by atoms with Crippen LogP contribution >= 0.6 is 0 Å².